The summed E-state index contributed by atoms with van der Waals surface area (Å²) >= 11 is 6.85. The van der Waals surface area contributed by atoms with E-state index in [0.717, 1.165) is 28.6 Å². The van der Waals surface area contributed by atoms with Gasteiger partial charge in [0.15, 0.2) is 5.75 Å². The van der Waals surface area contributed by atoms with Gasteiger partial charge in [-0.3, -0.25) is 4.98 Å². The van der Waals surface area contributed by atoms with Gasteiger partial charge in [0.05, 0.1) is 14.5 Å². The third kappa shape index (κ3) is 4.52. The molecule has 1 N–H and O–H groups in total. The van der Waals surface area contributed by atoms with E-state index >= 15 is 0 Å². The average Bonchev–Trinajstić information content (AvgIpc) is 2.64. The molecule has 0 saturated heterocycles. The normalized spacial score (nSPS) is 12.2. The molecule has 0 fully saturated rings. The number of rotatable bonds is 6. The van der Waals surface area contributed by atoms with E-state index in [1.165, 1.54) is 0 Å². The molecule has 0 bridgehead atoms. The van der Waals surface area contributed by atoms with Crippen LogP contribution < -0.4 is 4.74 Å². The summed E-state index contributed by atoms with van der Waals surface area (Å²) in [7, 11) is 0. The molecular formula is C21H18Br2FNO3. The molecule has 3 aromatic rings. The first-order valence-corrected chi connectivity index (χ1v) is 10.3. The molecule has 0 radical (unpaired) electrons. The molecule has 28 heavy (non-hydrogen) atoms. The molecule has 4 nitrogen and oxygen atoms in total. The molecule has 2 aromatic carbocycles. The Bertz CT molecular complexity index is 1030. The minimum absolute atomic E-state index is 0.215. The fraction of sp³-hybridized carbons (Fsp3) is 0.238. The van der Waals surface area contributed by atoms with Crippen LogP contribution in [-0.4, -0.2) is 22.2 Å². The topological polar surface area (TPSA) is 59.4 Å². The molecule has 0 aliphatic rings. The molecule has 0 spiro atoms. The average molecular weight is 511 g/mol. The predicted molar refractivity (Wildman–Crippen MR) is 114 cm³/mol. The minimum atomic E-state index is -1.95. The summed E-state index contributed by atoms with van der Waals surface area (Å²) in [6, 6.07) is 11.1. The smallest absolute Gasteiger partial charge is 0.338 e. The van der Waals surface area contributed by atoms with Crippen LogP contribution in [0.3, 0.4) is 0 Å². The van der Waals surface area contributed by atoms with E-state index < -0.39 is 12.1 Å². The van der Waals surface area contributed by atoms with Crippen LogP contribution in [0.1, 0.15) is 23.7 Å². The van der Waals surface area contributed by atoms with Gasteiger partial charge in [0.1, 0.15) is 5.75 Å². The van der Waals surface area contributed by atoms with E-state index in [2.05, 4.69) is 49.8 Å². The zero-order valence-corrected chi connectivity index (χ0v) is 18.5. The van der Waals surface area contributed by atoms with Crippen molar-refractivity contribution in [2.75, 3.05) is 0 Å². The van der Waals surface area contributed by atoms with Crippen molar-refractivity contribution in [2.24, 2.45) is 0 Å². The number of alkyl halides is 1. The molecule has 1 aromatic heterocycles. The van der Waals surface area contributed by atoms with Crippen LogP contribution in [0.4, 0.5) is 4.39 Å². The number of hydrogen-bond donors (Lipinski definition) is 1. The summed E-state index contributed by atoms with van der Waals surface area (Å²) in [5, 5.41) is 9.73. The van der Waals surface area contributed by atoms with Crippen molar-refractivity contribution in [1.82, 2.24) is 4.98 Å². The Morgan fingerprint density at radius 1 is 1.21 bits per heavy atom. The highest BCUT2D eigenvalue weighted by molar-refractivity contribution is 9.11. The first-order valence-electron chi connectivity index (χ1n) is 8.71. The Balaban J connectivity index is 1.89. The lowest BCUT2D eigenvalue weighted by atomic mass is 10.1. The van der Waals surface area contributed by atoms with Crippen molar-refractivity contribution in [2.45, 2.75) is 32.9 Å². The lowest BCUT2D eigenvalue weighted by Crippen LogP contribution is -2.17. The molecule has 7 heteroatoms. The van der Waals surface area contributed by atoms with Gasteiger partial charge in [-0.1, -0.05) is 6.92 Å². The van der Waals surface area contributed by atoms with Gasteiger partial charge < -0.3 is 9.84 Å². The van der Waals surface area contributed by atoms with Gasteiger partial charge >= 0.3 is 5.97 Å². The number of pyridine rings is 1. The lowest BCUT2D eigenvalue weighted by molar-refractivity contribution is -0.142. The van der Waals surface area contributed by atoms with Gasteiger partial charge in [0.25, 0.3) is 0 Å². The van der Waals surface area contributed by atoms with Crippen LogP contribution in [0.2, 0.25) is 0 Å². The summed E-state index contributed by atoms with van der Waals surface area (Å²) in [6.07, 6.45) is -1.28. The molecule has 0 aliphatic carbocycles. The van der Waals surface area contributed by atoms with Gasteiger partial charge in [-0.25, -0.2) is 9.18 Å². The first-order chi connectivity index (χ1) is 13.3. The van der Waals surface area contributed by atoms with Crippen molar-refractivity contribution in [3.05, 3.63) is 62.2 Å². The van der Waals surface area contributed by atoms with E-state index in [-0.39, 0.29) is 6.42 Å². The third-order valence-corrected chi connectivity index (χ3v) is 5.56. The zero-order valence-electron chi connectivity index (χ0n) is 15.3. The van der Waals surface area contributed by atoms with Crippen LogP contribution >= 0.6 is 31.9 Å². The molecule has 0 aliphatic heterocycles. The zero-order chi connectivity index (χ0) is 20.4. The van der Waals surface area contributed by atoms with Crippen LogP contribution in [0.5, 0.6) is 11.5 Å². The maximum atomic E-state index is 13.5. The van der Waals surface area contributed by atoms with Gasteiger partial charge in [0, 0.05) is 17.5 Å². The van der Waals surface area contributed by atoms with E-state index in [9.17, 15) is 9.18 Å². The van der Waals surface area contributed by atoms with Crippen molar-refractivity contribution in [1.29, 1.82) is 0 Å². The number of hydrogen-bond acceptors (Lipinski definition) is 3. The minimum Gasteiger partial charge on any atom is -0.479 e. The highest BCUT2D eigenvalue weighted by Crippen LogP contribution is 2.38. The molecule has 1 heterocycles. The van der Waals surface area contributed by atoms with Gasteiger partial charge in [-0.2, -0.15) is 0 Å². The second kappa shape index (κ2) is 8.57. The second-order valence-electron chi connectivity index (χ2n) is 6.46. The molecule has 3 rings (SSSR count). The Hall–Kier alpha value is -1.99. The molecule has 0 saturated carbocycles. The van der Waals surface area contributed by atoms with Crippen LogP contribution in [0, 0.1) is 6.92 Å². The maximum absolute atomic E-state index is 13.5. The van der Waals surface area contributed by atoms with Gasteiger partial charge in [0.2, 0.25) is 6.17 Å². The molecule has 1 atom stereocenters. The lowest BCUT2D eigenvalue weighted by Gasteiger charge is -2.13. The van der Waals surface area contributed by atoms with Crippen molar-refractivity contribution in [3.8, 4) is 11.5 Å². The van der Waals surface area contributed by atoms with E-state index in [1.807, 2.05) is 25.1 Å². The largest absolute Gasteiger partial charge is 0.479 e. The quantitative estimate of drug-likeness (QED) is 0.417. The van der Waals surface area contributed by atoms with Crippen molar-refractivity contribution < 1.29 is 19.0 Å². The number of carbonyl (C=O) groups is 1. The molecule has 146 valence electrons. The monoisotopic (exact) mass is 509 g/mol. The fourth-order valence-electron chi connectivity index (χ4n) is 2.96. The summed E-state index contributed by atoms with van der Waals surface area (Å²) in [5.41, 5.74) is 3.67. The molecule has 0 amide bonds. The van der Waals surface area contributed by atoms with Crippen molar-refractivity contribution in [3.63, 3.8) is 0 Å². The van der Waals surface area contributed by atoms with Crippen LogP contribution in [0.25, 0.3) is 10.9 Å². The highest BCUT2D eigenvalue weighted by Gasteiger charge is 2.18. The number of carboxylic acids is 1. The van der Waals surface area contributed by atoms with E-state index in [4.69, 9.17) is 9.84 Å². The second-order valence-corrected chi connectivity index (χ2v) is 8.17. The Morgan fingerprint density at radius 3 is 2.50 bits per heavy atom. The Kier molecular flexibility index (Phi) is 6.35. The Labute approximate surface area is 179 Å². The summed E-state index contributed by atoms with van der Waals surface area (Å²) in [5.74, 6) is -0.302. The summed E-state index contributed by atoms with van der Waals surface area (Å²) in [6.45, 7) is 4.12. The van der Waals surface area contributed by atoms with Crippen LogP contribution in [0.15, 0.2) is 45.3 Å². The summed E-state index contributed by atoms with van der Waals surface area (Å²) < 4.78 is 20.7. The van der Waals surface area contributed by atoms with E-state index in [1.54, 1.807) is 12.1 Å². The standard InChI is InChI=1S/C21H18Br2FNO3/c1-3-18-11(2)6-13-10-14(4-5-19(13)25-18)28-20-15(22)7-12(8-16(20)23)9-17(24)21(26)27/h4-8,10,17H,3,9H2,1-2H3,(H,26,27)/t17-/m0/s1. The van der Waals surface area contributed by atoms with Crippen molar-refractivity contribution >= 4 is 48.7 Å². The number of nitrogens with zero attached hydrogens (tertiary/aromatic N) is 1. The number of aliphatic carboxylic acids is 1. The fourth-order valence-corrected chi connectivity index (χ4v) is 4.40. The molecule has 0 unspecified atom stereocenters. The number of aryl methyl sites for hydroxylation is 2. The number of carboxylic acid groups (broad SMARTS) is 1. The number of ether oxygens (including phenoxy) is 1. The SMILES string of the molecule is CCc1nc2ccc(Oc3c(Br)cc(C[C@H](F)C(=O)O)cc3Br)cc2cc1C. The third-order valence-electron chi connectivity index (χ3n) is 4.38. The number of halogens is 3. The first kappa shape index (κ1) is 20.7. The maximum Gasteiger partial charge on any atom is 0.338 e. The molecular weight excluding hydrogens is 493 g/mol. The van der Waals surface area contributed by atoms with Gasteiger partial charge in [-0.15, -0.1) is 0 Å². The highest BCUT2D eigenvalue weighted by atomic mass is 79.9. The number of benzene rings is 2. The Morgan fingerprint density at radius 2 is 1.89 bits per heavy atom. The summed E-state index contributed by atoms with van der Waals surface area (Å²) in [4.78, 5) is 15.4. The van der Waals surface area contributed by atoms with Crippen LogP contribution in [-0.2, 0) is 17.6 Å². The van der Waals surface area contributed by atoms with Gasteiger partial charge in [-0.05, 0) is 92.7 Å². The number of aromatic nitrogens is 1. The number of fused-ring (bicyclic) bond motifs is 1. The predicted octanol–water partition coefficient (Wildman–Crippen LogP) is 6.39. The van der Waals surface area contributed by atoms with E-state index in [0.29, 0.717) is 26.0 Å².